The predicted molar refractivity (Wildman–Crippen MR) is 59.2 cm³/mol. The van der Waals surface area contributed by atoms with Crippen molar-refractivity contribution in [2.45, 2.75) is 19.9 Å². The molecule has 0 aliphatic heterocycles. The van der Waals surface area contributed by atoms with Crippen LogP contribution in [0, 0.1) is 5.92 Å². The minimum Gasteiger partial charge on any atom is -0.480 e. The van der Waals surface area contributed by atoms with Gasteiger partial charge in [0.2, 0.25) is 5.91 Å². The molecule has 0 rings (SSSR count). The minimum atomic E-state index is -0.945. The summed E-state index contributed by atoms with van der Waals surface area (Å²) in [5.74, 6) is -1.24. The maximum absolute atomic E-state index is 11.2. The summed E-state index contributed by atoms with van der Waals surface area (Å²) >= 11 is 0. The van der Waals surface area contributed by atoms with Crippen LogP contribution in [0.3, 0.4) is 0 Å². The van der Waals surface area contributed by atoms with E-state index in [4.69, 9.17) is 9.84 Å². The lowest BCUT2D eigenvalue weighted by atomic mass is 10.1. The maximum atomic E-state index is 11.2. The summed E-state index contributed by atoms with van der Waals surface area (Å²) in [6, 6.07) is -0.701. The summed E-state index contributed by atoms with van der Waals surface area (Å²) in [6.45, 7) is 4.44. The van der Waals surface area contributed by atoms with Gasteiger partial charge in [0.1, 0.15) is 6.04 Å². The molecule has 94 valence electrons. The van der Waals surface area contributed by atoms with Crippen molar-refractivity contribution in [3.05, 3.63) is 0 Å². The summed E-state index contributed by atoms with van der Waals surface area (Å²) in [7, 11) is 1.55. The third-order valence-electron chi connectivity index (χ3n) is 2.04. The van der Waals surface area contributed by atoms with Crippen LogP contribution in [-0.2, 0) is 14.3 Å². The Balaban J connectivity index is 3.83. The van der Waals surface area contributed by atoms with Gasteiger partial charge in [-0.25, -0.2) is 0 Å². The van der Waals surface area contributed by atoms with Crippen molar-refractivity contribution in [3.8, 4) is 0 Å². The van der Waals surface area contributed by atoms with Crippen molar-refractivity contribution in [3.63, 3.8) is 0 Å². The third kappa shape index (κ3) is 6.36. The van der Waals surface area contributed by atoms with E-state index in [-0.39, 0.29) is 18.4 Å². The number of hydrogen-bond acceptors (Lipinski definition) is 4. The van der Waals surface area contributed by atoms with Crippen LogP contribution >= 0.6 is 0 Å². The Hall–Kier alpha value is -1.14. The lowest BCUT2D eigenvalue weighted by molar-refractivity contribution is -0.140. The molecule has 0 aromatic carbocycles. The molecule has 1 unspecified atom stereocenters. The molecule has 0 aliphatic rings. The van der Waals surface area contributed by atoms with Gasteiger partial charge in [0.05, 0.1) is 13.2 Å². The number of carboxylic acids is 1. The first-order valence-corrected chi connectivity index (χ1v) is 5.20. The molecule has 0 saturated carbocycles. The molecule has 6 nitrogen and oxygen atoms in total. The quantitative estimate of drug-likeness (QED) is 0.489. The van der Waals surface area contributed by atoms with Crippen LogP contribution in [0.1, 0.15) is 13.8 Å². The lowest BCUT2D eigenvalue weighted by Gasteiger charge is -2.17. The molecule has 0 aromatic heterocycles. The van der Waals surface area contributed by atoms with Gasteiger partial charge < -0.3 is 15.2 Å². The summed E-state index contributed by atoms with van der Waals surface area (Å²) < 4.78 is 4.77. The number of hydrogen-bond donors (Lipinski definition) is 3. The number of ether oxygens (including phenoxy) is 1. The first-order valence-electron chi connectivity index (χ1n) is 5.20. The molecule has 0 aliphatic carbocycles. The van der Waals surface area contributed by atoms with Crippen molar-refractivity contribution in [1.82, 2.24) is 10.6 Å². The molecule has 3 N–H and O–H groups in total. The van der Waals surface area contributed by atoms with E-state index < -0.39 is 12.0 Å². The molecule has 1 amide bonds. The van der Waals surface area contributed by atoms with Crippen LogP contribution in [0.4, 0.5) is 0 Å². The number of carbonyl (C=O) groups is 2. The van der Waals surface area contributed by atoms with Gasteiger partial charge in [-0.3, -0.25) is 14.9 Å². The fourth-order valence-electron chi connectivity index (χ4n) is 1.17. The number of methoxy groups -OCH3 is 1. The average molecular weight is 232 g/mol. The number of carboxylic acid groups (broad SMARTS) is 1. The molecule has 0 saturated heterocycles. The van der Waals surface area contributed by atoms with Gasteiger partial charge in [-0.05, 0) is 5.92 Å². The lowest BCUT2D eigenvalue weighted by Crippen LogP contribution is -2.46. The number of rotatable bonds is 8. The van der Waals surface area contributed by atoms with Crippen LogP contribution in [0.2, 0.25) is 0 Å². The summed E-state index contributed by atoms with van der Waals surface area (Å²) in [6.07, 6.45) is 0. The second kappa shape index (κ2) is 8.06. The third-order valence-corrected chi connectivity index (χ3v) is 2.04. The molecule has 0 radical (unpaired) electrons. The highest BCUT2D eigenvalue weighted by Crippen LogP contribution is 2.00. The summed E-state index contributed by atoms with van der Waals surface area (Å²) in [5, 5.41) is 14.1. The Labute approximate surface area is 95.4 Å². The highest BCUT2D eigenvalue weighted by Gasteiger charge is 2.21. The molecule has 0 bridgehead atoms. The van der Waals surface area contributed by atoms with Crippen LogP contribution in [-0.4, -0.2) is 49.8 Å². The molecule has 1 atom stereocenters. The second-order valence-electron chi connectivity index (χ2n) is 3.78. The van der Waals surface area contributed by atoms with E-state index in [2.05, 4.69) is 10.6 Å². The Morgan fingerprint density at radius 3 is 2.44 bits per heavy atom. The number of amides is 1. The van der Waals surface area contributed by atoms with Crippen molar-refractivity contribution >= 4 is 11.9 Å². The standard InChI is InChI=1S/C10H20N2O4/c1-7(2)9(10(14)15)12-6-8(13)11-4-5-16-3/h7,9,12H,4-6H2,1-3H3,(H,11,13)(H,14,15). The van der Waals surface area contributed by atoms with E-state index >= 15 is 0 Å². The predicted octanol–water partition coefficient (Wildman–Crippen LogP) is -0.552. The molecular formula is C10H20N2O4. The molecule has 0 spiro atoms. The summed E-state index contributed by atoms with van der Waals surface area (Å²) in [5.41, 5.74) is 0. The zero-order valence-electron chi connectivity index (χ0n) is 9.95. The SMILES string of the molecule is COCCNC(=O)CNC(C(=O)O)C(C)C. The van der Waals surface area contributed by atoms with Crippen molar-refractivity contribution in [1.29, 1.82) is 0 Å². The monoisotopic (exact) mass is 232 g/mol. The largest absolute Gasteiger partial charge is 0.480 e. The van der Waals surface area contributed by atoms with Gasteiger partial charge in [-0.2, -0.15) is 0 Å². The Morgan fingerprint density at radius 2 is 2.00 bits per heavy atom. The highest BCUT2D eigenvalue weighted by molar-refractivity contribution is 5.79. The fourth-order valence-corrected chi connectivity index (χ4v) is 1.17. The average Bonchev–Trinajstić information content (AvgIpc) is 2.17. The van der Waals surface area contributed by atoms with Crippen molar-refractivity contribution < 1.29 is 19.4 Å². The van der Waals surface area contributed by atoms with Gasteiger partial charge in [-0.1, -0.05) is 13.8 Å². The molecular weight excluding hydrogens is 212 g/mol. The maximum Gasteiger partial charge on any atom is 0.320 e. The zero-order valence-corrected chi connectivity index (χ0v) is 9.95. The highest BCUT2D eigenvalue weighted by atomic mass is 16.5. The molecule has 6 heteroatoms. The normalized spacial score (nSPS) is 12.5. The van der Waals surface area contributed by atoms with E-state index in [9.17, 15) is 9.59 Å². The first-order chi connectivity index (χ1) is 7.49. The van der Waals surface area contributed by atoms with Crippen LogP contribution < -0.4 is 10.6 Å². The molecule has 0 heterocycles. The number of aliphatic carboxylic acids is 1. The van der Waals surface area contributed by atoms with E-state index in [1.807, 2.05) is 0 Å². The van der Waals surface area contributed by atoms with E-state index in [0.29, 0.717) is 13.2 Å². The van der Waals surface area contributed by atoms with Crippen molar-refractivity contribution in [2.24, 2.45) is 5.92 Å². The van der Waals surface area contributed by atoms with Gasteiger partial charge in [-0.15, -0.1) is 0 Å². The smallest absolute Gasteiger partial charge is 0.320 e. The number of carbonyl (C=O) groups excluding carboxylic acids is 1. The zero-order chi connectivity index (χ0) is 12.6. The van der Waals surface area contributed by atoms with Gasteiger partial charge in [0.15, 0.2) is 0 Å². The van der Waals surface area contributed by atoms with E-state index in [1.165, 1.54) is 0 Å². The van der Waals surface area contributed by atoms with E-state index in [0.717, 1.165) is 0 Å². The first kappa shape index (κ1) is 14.9. The van der Waals surface area contributed by atoms with Crippen molar-refractivity contribution in [2.75, 3.05) is 26.8 Å². The number of nitrogens with one attached hydrogen (secondary N) is 2. The molecule has 0 fully saturated rings. The van der Waals surface area contributed by atoms with Gasteiger partial charge in [0, 0.05) is 13.7 Å². The summed E-state index contributed by atoms with van der Waals surface area (Å²) in [4.78, 5) is 22.0. The van der Waals surface area contributed by atoms with Gasteiger partial charge in [0.25, 0.3) is 0 Å². The van der Waals surface area contributed by atoms with Crippen LogP contribution in [0.15, 0.2) is 0 Å². The fraction of sp³-hybridized carbons (Fsp3) is 0.800. The van der Waals surface area contributed by atoms with Crippen LogP contribution in [0.5, 0.6) is 0 Å². The van der Waals surface area contributed by atoms with Crippen LogP contribution in [0.25, 0.3) is 0 Å². The Bertz CT molecular complexity index is 231. The Morgan fingerprint density at radius 1 is 1.38 bits per heavy atom. The minimum absolute atomic E-state index is 0.00113. The Kier molecular flexibility index (Phi) is 7.49. The van der Waals surface area contributed by atoms with E-state index in [1.54, 1.807) is 21.0 Å². The second-order valence-corrected chi connectivity index (χ2v) is 3.78. The molecule has 0 aromatic rings. The topological polar surface area (TPSA) is 87.7 Å². The van der Waals surface area contributed by atoms with Gasteiger partial charge >= 0.3 is 5.97 Å². The molecule has 16 heavy (non-hydrogen) atoms.